The second-order valence-corrected chi connectivity index (χ2v) is 5.19. The van der Waals surface area contributed by atoms with E-state index in [1.807, 2.05) is 36.4 Å². The maximum Gasteiger partial charge on any atom is 2.00 e. The number of pyridine rings is 2. The molecule has 145 valence electrons. The smallest absolute Gasteiger partial charge is 0.255 e. The molecule has 1 radical (unpaired) electrons. The van der Waals surface area contributed by atoms with Gasteiger partial charge in [0.1, 0.15) is 0 Å². The Hall–Kier alpha value is -5.14. The zero-order valence-electron chi connectivity index (χ0n) is 15.6. The molecule has 0 amide bonds. The van der Waals surface area contributed by atoms with Crippen LogP contribution in [0.25, 0.3) is 11.4 Å². The van der Waals surface area contributed by atoms with Crippen LogP contribution in [0.2, 0.25) is 0 Å². The average molecular weight is 445 g/mol. The van der Waals surface area contributed by atoms with Crippen LogP contribution in [0.15, 0.2) is 48.8 Å². The molecule has 2 aromatic rings. The van der Waals surface area contributed by atoms with Crippen LogP contribution in [0, 0.1) is 89.8 Å². The van der Waals surface area contributed by atoms with E-state index in [-0.39, 0.29) is 16.8 Å². The van der Waals surface area contributed by atoms with Crippen LogP contribution in [-0.4, -0.2) is 22.3 Å². The van der Waals surface area contributed by atoms with Gasteiger partial charge < -0.3 is 0 Å². The Morgan fingerprint density at radius 2 is 0.742 bits per heavy atom. The van der Waals surface area contributed by atoms with Crippen LogP contribution in [-0.2, 0) is 16.8 Å². The molecule has 2 heterocycles. The number of nitrogens with zero attached hydrogens (tertiary/aromatic N) is 10. The van der Waals surface area contributed by atoms with Gasteiger partial charge in [0.25, 0.3) is 0 Å². The second-order valence-electron chi connectivity index (χ2n) is 5.19. The predicted octanol–water partition coefficient (Wildman–Crippen LogP) is 1.51. The molecule has 0 N–H and O–H groups in total. The summed E-state index contributed by atoms with van der Waals surface area (Å²) in [5.41, 5.74) is 1.83. The summed E-state index contributed by atoms with van der Waals surface area (Å²) in [5, 5.41) is 64.7. The van der Waals surface area contributed by atoms with E-state index >= 15 is 0 Å². The first-order chi connectivity index (χ1) is 14.5. The van der Waals surface area contributed by atoms with Crippen LogP contribution in [0.3, 0.4) is 0 Å². The Kier molecular flexibility index (Phi) is 13.5. The first kappa shape index (κ1) is 28.1. The standard InChI is InChI=1S/C10H8N2.2C4BN4.Co/c1-3-7-11-9(5-1)10-6-2-4-8-12-10;2*6-1-5(2-7,3-8)4-9;/h1-8H;;;/q;2*-1;+2. The van der Waals surface area contributed by atoms with E-state index in [9.17, 15) is 0 Å². The molecule has 13 heteroatoms. The van der Waals surface area contributed by atoms with Crippen LogP contribution in [0.5, 0.6) is 0 Å². The number of hydrogen-bond acceptors (Lipinski definition) is 10. The molecular formula is C18H8B2CoN10. The summed E-state index contributed by atoms with van der Waals surface area (Å²) in [6.07, 6.45) is -1.91. The molecule has 0 aliphatic carbocycles. The Balaban J connectivity index is 0. The third kappa shape index (κ3) is 8.60. The Bertz CT molecular complexity index is 974. The van der Waals surface area contributed by atoms with E-state index in [0.29, 0.717) is 0 Å². The van der Waals surface area contributed by atoms with Crippen LogP contribution >= 0.6 is 0 Å². The van der Waals surface area contributed by atoms with Crippen LogP contribution in [0.1, 0.15) is 0 Å². The fourth-order valence-corrected chi connectivity index (χ4v) is 1.37. The van der Waals surface area contributed by atoms with Crippen molar-refractivity contribution in [2.45, 2.75) is 0 Å². The van der Waals surface area contributed by atoms with Crippen molar-refractivity contribution >= 4 is 12.3 Å². The van der Waals surface area contributed by atoms with Gasteiger partial charge in [-0.2, -0.15) is 0 Å². The van der Waals surface area contributed by atoms with Crippen LogP contribution in [0.4, 0.5) is 0 Å². The molecule has 0 saturated heterocycles. The van der Waals surface area contributed by atoms with Crippen molar-refractivity contribution in [1.82, 2.24) is 9.97 Å². The number of hydrogen-bond donors (Lipinski definition) is 0. The number of nitriles is 8. The van der Waals surface area contributed by atoms with Gasteiger partial charge in [-0.15, -0.1) is 47.7 Å². The number of rotatable bonds is 1. The third-order valence-corrected chi connectivity index (χ3v) is 3.14. The maximum absolute atomic E-state index is 8.09. The quantitative estimate of drug-likeness (QED) is 0.576. The SMILES string of the molecule is N#C[B-](C#N)(C#N)C#N.N#C[B-](C#N)(C#N)C#N.[Co+2].c1ccc(-c2ccccn2)nc1. The monoisotopic (exact) mass is 445 g/mol. The van der Waals surface area contributed by atoms with Crippen molar-refractivity contribution in [2.75, 3.05) is 0 Å². The summed E-state index contributed by atoms with van der Waals surface area (Å²) in [6.45, 7) is 0. The minimum Gasteiger partial charge on any atom is -0.255 e. The minimum absolute atomic E-state index is 0. The summed E-state index contributed by atoms with van der Waals surface area (Å²) < 4.78 is 0. The Morgan fingerprint density at radius 3 is 0.871 bits per heavy atom. The molecule has 0 spiro atoms. The molecule has 0 saturated carbocycles. The molecule has 0 aliphatic heterocycles. The van der Waals surface area contributed by atoms with E-state index in [1.54, 1.807) is 12.4 Å². The Labute approximate surface area is 189 Å². The number of aromatic nitrogens is 2. The van der Waals surface area contributed by atoms with Crippen molar-refractivity contribution in [3.8, 4) is 59.1 Å². The predicted molar refractivity (Wildman–Crippen MR) is 104 cm³/mol. The van der Waals surface area contributed by atoms with Crippen molar-refractivity contribution in [3.05, 3.63) is 48.8 Å². The fraction of sp³-hybridized carbons (Fsp3) is 0. The molecule has 2 rings (SSSR count). The summed E-state index contributed by atoms with van der Waals surface area (Å²) in [4.78, 5) is 8.37. The summed E-state index contributed by atoms with van der Waals surface area (Å²) in [6, 6.07) is 11.6. The zero-order chi connectivity index (χ0) is 22.9. The Morgan fingerprint density at radius 1 is 0.484 bits per heavy atom. The molecule has 10 nitrogen and oxygen atoms in total. The minimum atomic E-state index is -2.72. The molecule has 0 fully saturated rings. The maximum atomic E-state index is 8.09. The summed E-state index contributed by atoms with van der Waals surface area (Å²) >= 11 is 0. The summed E-state index contributed by atoms with van der Waals surface area (Å²) in [7, 11) is 0. The van der Waals surface area contributed by atoms with Gasteiger partial charge in [-0.05, 0) is 24.3 Å². The van der Waals surface area contributed by atoms with Gasteiger partial charge in [-0.1, -0.05) is 12.1 Å². The van der Waals surface area contributed by atoms with Crippen LogP contribution < -0.4 is 0 Å². The molecule has 0 atom stereocenters. The fourth-order valence-electron chi connectivity index (χ4n) is 1.37. The van der Waals surface area contributed by atoms with Crippen molar-refractivity contribution in [2.24, 2.45) is 0 Å². The van der Waals surface area contributed by atoms with Gasteiger partial charge in [0.2, 0.25) is 0 Å². The first-order valence-electron chi connectivity index (χ1n) is 7.89. The summed E-state index contributed by atoms with van der Waals surface area (Å²) in [5.74, 6) is 10.8. The van der Waals surface area contributed by atoms with E-state index in [0.717, 1.165) is 11.4 Å². The van der Waals surface area contributed by atoms with E-state index in [4.69, 9.17) is 42.1 Å². The van der Waals surface area contributed by atoms with Crippen molar-refractivity contribution in [3.63, 3.8) is 0 Å². The van der Waals surface area contributed by atoms with Gasteiger partial charge in [0, 0.05) is 12.4 Å². The normalized spacial score (nSPS) is 8.13. The van der Waals surface area contributed by atoms with Gasteiger partial charge in [-0.25, -0.2) is 42.1 Å². The van der Waals surface area contributed by atoms with Gasteiger partial charge in [-0.3, -0.25) is 9.97 Å². The molecule has 31 heavy (non-hydrogen) atoms. The van der Waals surface area contributed by atoms with E-state index in [1.165, 1.54) is 47.7 Å². The van der Waals surface area contributed by atoms with Crippen molar-refractivity contribution < 1.29 is 16.8 Å². The molecule has 0 bridgehead atoms. The zero-order valence-corrected chi connectivity index (χ0v) is 16.6. The molecule has 2 aromatic heterocycles. The van der Waals surface area contributed by atoms with E-state index < -0.39 is 12.3 Å². The first-order valence-corrected chi connectivity index (χ1v) is 7.89. The van der Waals surface area contributed by atoms with Crippen molar-refractivity contribution in [1.29, 1.82) is 42.1 Å². The van der Waals surface area contributed by atoms with Gasteiger partial charge >= 0.3 is 29.1 Å². The van der Waals surface area contributed by atoms with Gasteiger partial charge in [0.15, 0.2) is 0 Å². The third-order valence-electron chi connectivity index (χ3n) is 3.14. The molecule has 0 aromatic carbocycles. The molecule has 0 unspecified atom stereocenters. The van der Waals surface area contributed by atoms with Gasteiger partial charge in [0.05, 0.1) is 11.4 Å². The average Bonchev–Trinajstić information content (AvgIpc) is 2.85. The second kappa shape index (κ2) is 14.9. The largest absolute Gasteiger partial charge is 2.00 e. The topological polar surface area (TPSA) is 216 Å². The molecular weight excluding hydrogens is 437 g/mol. The molecule has 0 aliphatic rings. The van der Waals surface area contributed by atoms with E-state index in [2.05, 4.69) is 9.97 Å².